The van der Waals surface area contributed by atoms with Crippen LogP contribution in [0.15, 0.2) is 18.3 Å². The van der Waals surface area contributed by atoms with Crippen LogP contribution in [0.1, 0.15) is 25.7 Å². The maximum atomic E-state index is 13.6. The average molecular weight is 335 g/mol. The Hall–Kier alpha value is -1.24. The topological polar surface area (TPSA) is 37.8 Å². The molecular formula is C18H26FN3O2. The zero-order chi connectivity index (χ0) is 16.4. The van der Waals surface area contributed by atoms with Gasteiger partial charge >= 0.3 is 0 Å². The molecule has 0 saturated carbocycles. The van der Waals surface area contributed by atoms with E-state index in [0.717, 1.165) is 52.1 Å². The molecule has 3 aliphatic heterocycles. The lowest BCUT2D eigenvalue weighted by atomic mass is 10.1. The first kappa shape index (κ1) is 16.2. The van der Waals surface area contributed by atoms with Crippen molar-refractivity contribution in [3.05, 3.63) is 24.1 Å². The maximum Gasteiger partial charge on any atom is 0.250 e. The highest BCUT2D eigenvalue weighted by Gasteiger charge is 2.33. The molecule has 0 aromatic carbocycles. The lowest BCUT2D eigenvalue weighted by Gasteiger charge is -2.36. The molecule has 4 rings (SSSR count). The van der Waals surface area contributed by atoms with Gasteiger partial charge in [-0.1, -0.05) is 0 Å². The van der Waals surface area contributed by atoms with Gasteiger partial charge in [-0.15, -0.1) is 0 Å². The molecule has 0 spiro atoms. The van der Waals surface area contributed by atoms with Crippen LogP contribution in [0.3, 0.4) is 0 Å². The molecule has 3 fully saturated rings. The zero-order valence-electron chi connectivity index (χ0n) is 14.1. The molecule has 0 radical (unpaired) electrons. The predicted molar refractivity (Wildman–Crippen MR) is 88.6 cm³/mol. The van der Waals surface area contributed by atoms with Crippen LogP contribution in [0.25, 0.3) is 0 Å². The summed E-state index contributed by atoms with van der Waals surface area (Å²) in [6.45, 7) is 6.43. The number of hydrogen-bond acceptors (Lipinski definition) is 5. The Morgan fingerprint density at radius 2 is 1.79 bits per heavy atom. The fourth-order valence-electron chi connectivity index (χ4n) is 4.03. The van der Waals surface area contributed by atoms with Gasteiger partial charge in [0.25, 0.3) is 5.88 Å². The summed E-state index contributed by atoms with van der Waals surface area (Å²) in [6, 6.07) is 2.98. The van der Waals surface area contributed by atoms with Crippen molar-refractivity contribution in [3.8, 4) is 5.88 Å². The van der Waals surface area contributed by atoms with Gasteiger partial charge in [0, 0.05) is 45.5 Å². The van der Waals surface area contributed by atoms with E-state index in [4.69, 9.17) is 9.47 Å². The van der Waals surface area contributed by atoms with E-state index >= 15 is 0 Å². The van der Waals surface area contributed by atoms with Gasteiger partial charge < -0.3 is 14.4 Å². The van der Waals surface area contributed by atoms with E-state index in [2.05, 4.69) is 14.8 Å². The van der Waals surface area contributed by atoms with Crippen LogP contribution in [0.2, 0.25) is 0 Å². The van der Waals surface area contributed by atoms with Crippen molar-refractivity contribution in [2.45, 2.75) is 44.0 Å². The summed E-state index contributed by atoms with van der Waals surface area (Å²) < 4.78 is 25.2. The molecule has 1 aromatic heterocycles. The summed E-state index contributed by atoms with van der Waals surface area (Å²) in [5, 5.41) is 0. The Morgan fingerprint density at radius 1 is 1.08 bits per heavy atom. The van der Waals surface area contributed by atoms with Crippen molar-refractivity contribution in [1.29, 1.82) is 0 Å². The lowest BCUT2D eigenvalue weighted by molar-refractivity contribution is -0.0411. The van der Waals surface area contributed by atoms with Crippen LogP contribution >= 0.6 is 0 Å². The number of aromatic nitrogens is 1. The number of piperidine rings is 1. The fourth-order valence-corrected chi connectivity index (χ4v) is 4.03. The highest BCUT2D eigenvalue weighted by molar-refractivity contribution is 5.13. The molecule has 5 nitrogen and oxygen atoms in total. The van der Waals surface area contributed by atoms with E-state index in [1.807, 2.05) is 0 Å². The molecule has 6 heteroatoms. The molecule has 0 aliphatic carbocycles. The minimum atomic E-state index is -0.373. The molecule has 0 amide bonds. The fraction of sp³-hybridized carbons (Fsp3) is 0.722. The second kappa shape index (κ2) is 7.33. The zero-order valence-corrected chi connectivity index (χ0v) is 14.1. The third kappa shape index (κ3) is 3.87. The molecule has 132 valence electrons. The molecule has 2 bridgehead atoms. The highest BCUT2D eigenvalue weighted by atomic mass is 19.1. The first-order valence-corrected chi connectivity index (χ1v) is 9.13. The van der Waals surface area contributed by atoms with Crippen LogP contribution in [-0.2, 0) is 4.74 Å². The second-order valence-corrected chi connectivity index (χ2v) is 7.17. The molecular weight excluding hydrogens is 309 g/mol. The van der Waals surface area contributed by atoms with E-state index in [1.165, 1.54) is 18.9 Å². The van der Waals surface area contributed by atoms with Crippen molar-refractivity contribution >= 4 is 0 Å². The number of likely N-dealkylation sites (tertiary alicyclic amines) is 2. The number of fused-ring (bicyclic) bond motifs is 2. The Balaban J connectivity index is 1.19. The normalized spacial score (nSPS) is 29.0. The quantitative estimate of drug-likeness (QED) is 0.822. The molecule has 3 saturated heterocycles. The third-order valence-electron chi connectivity index (χ3n) is 5.39. The minimum absolute atomic E-state index is 0.0740. The van der Waals surface area contributed by atoms with Gasteiger partial charge in [-0.05, 0) is 37.8 Å². The largest absolute Gasteiger partial charge is 0.472 e. The van der Waals surface area contributed by atoms with Gasteiger partial charge in [0.15, 0.2) is 5.82 Å². The van der Waals surface area contributed by atoms with E-state index in [9.17, 15) is 4.39 Å². The standard InChI is InChI=1S/C18H26FN3O2/c19-17-2-1-7-20-18(17)24-14-5-8-21(9-6-14)10-11-22-12-15-3-4-16(13-22)23-15/h1-2,7,14-16H,3-6,8-13H2. The second-order valence-electron chi connectivity index (χ2n) is 7.17. The molecule has 2 atom stereocenters. The number of nitrogens with zero attached hydrogens (tertiary/aromatic N) is 3. The Bertz CT molecular complexity index is 539. The first-order chi connectivity index (χ1) is 11.8. The van der Waals surface area contributed by atoms with Crippen molar-refractivity contribution in [1.82, 2.24) is 14.8 Å². The van der Waals surface area contributed by atoms with Crippen molar-refractivity contribution < 1.29 is 13.9 Å². The van der Waals surface area contributed by atoms with E-state index in [1.54, 1.807) is 12.3 Å². The molecule has 24 heavy (non-hydrogen) atoms. The number of pyridine rings is 1. The van der Waals surface area contributed by atoms with E-state index < -0.39 is 0 Å². The number of morpholine rings is 1. The van der Waals surface area contributed by atoms with Crippen LogP contribution < -0.4 is 4.74 Å². The average Bonchev–Trinajstić information content (AvgIpc) is 2.95. The van der Waals surface area contributed by atoms with Gasteiger partial charge in [0.1, 0.15) is 6.10 Å². The van der Waals surface area contributed by atoms with Gasteiger partial charge in [-0.3, -0.25) is 4.90 Å². The number of hydrogen-bond donors (Lipinski definition) is 0. The van der Waals surface area contributed by atoms with Gasteiger partial charge in [-0.2, -0.15) is 0 Å². The summed E-state index contributed by atoms with van der Waals surface area (Å²) in [6.07, 6.45) is 6.91. The number of rotatable bonds is 5. The number of halogens is 1. The van der Waals surface area contributed by atoms with Crippen LogP contribution in [0.5, 0.6) is 5.88 Å². The summed E-state index contributed by atoms with van der Waals surface area (Å²) in [7, 11) is 0. The van der Waals surface area contributed by atoms with Crippen molar-refractivity contribution in [3.63, 3.8) is 0 Å². The van der Waals surface area contributed by atoms with Crippen LogP contribution in [0, 0.1) is 5.82 Å². The summed E-state index contributed by atoms with van der Waals surface area (Å²) >= 11 is 0. The SMILES string of the molecule is Fc1cccnc1OC1CCN(CCN2CC3CCC(C2)O3)CC1. The molecule has 0 N–H and O–H groups in total. The van der Waals surface area contributed by atoms with Crippen LogP contribution in [-0.4, -0.2) is 72.4 Å². The molecule has 1 aromatic rings. The van der Waals surface area contributed by atoms with Crippen molar-refractivity contribution in [2.24, 2.45) is 0 Å². The van der Waals surface area contributed by atoms with Gasteiger partial charge in [0.05, 0.1) is 12.2 Å². The third-order valence-corrected chi connectivity index (χ3v) is 5.39. The maximum absolute atomic E-state index is 13.6. The van der Waals surface area contributed by atoms with E-state index in [-0.39, 0.29) is 17.8 Å². The summed E-state index contributed by atoms with van der Waals surface area (Å²) in [5.41, 5.74) is 0. The molecule has 3 aliphatic rings. The van der Waals surface area contributed by atoms with Crippen LogP contribution in [0.4, 0.5) is 4.39 Å². The predicted octanol–water partition coefficient (Wildman–Crippen LogP) is 1.93. The van der Waals surface area contributed by atoms with E-state index in [0.29, 0.717) is 12.2 Å². The Kier molecular flexibility index (Phi) is 4.96. The monoisotopic (exact) mass is 335 g/mol. The Morgan fingerprint density at radius 3 is 2.50 bits per heavy atom. The van der Waals surface area contributed by atoms with Gasteiger partial charge in [0.2, 0.25) is 0 Å². The minimum Gasteiger partial charge on any atom is -0.472 e. The first-order valence-electron chi connectivity index (χ1n) is 9.13. The number of ether oxygens (including phenoxy) is 2. The highest BCUT2D eigenvalue weighted by Crippen LogP contribution is 2.26. The summed E-state index contributed by atoms with van der Waals surface area (Å²) in [5.74, 6) is -0.235. The smallest absolute Gasteiger partial charge is 0.250 e. The van der Waals surface area contributed by atoms with Crippen molar-refractivity contribution in [2.75, 3.05) is 39.3 Å². The molecule has 2 unspecified atom stereocenters. The summed E-state index contributed by atoms with van der Waals surface area (Å²) in [4.78, 5) is 9.02. The lowest BCUT2D eigenvalue weighted by Crippen LogP contribution is -2.47. The Labute approximate surface area is 142 Å². The van der Waals surface area contributed by atoms with Gasteiger partial charge in [-0.25, -0.2) is 9.37 Å². The molecule has 4 heterocycles.